The van der Waals surface area contributed by atoms with Crippen LogP contribution >= 0.6 is 19.9 Å². The summed E-state index contributed by atoms with van der Waals surface area (Å²) in [5, 5.41) is 9.50. The van der Waals surface area contributed by atoms with E-state index in [-0.39, 0.29) is 26.4 Å². The average Bonchev–Trinajstić information content (AvgIpc) is 2.99. The van der Waals surface area contributed by atoms with E-state index in [1.54, 1.807) is 6.92 Å². The van der Waals surface area contributed by atoms with Crippen LogP contribution < -0.4 is 0 Å². The van der Waals surface area contributed by atoms with Gasteiger partial charge in [0, 0.05) is 0 Å². The Hall–Kier alpha value is -0.930. The third-order valence-electron chi connectivity index (χ3n) is 6.71. The monoisotopic (exact) mass is 618 g/mol. The number of unbranched alkanes of at least 4 members (excludes halogenated alkanes) is 15. The van der Waals surface area contributed by atoms with E-state index in [2.05, 4.69) is 6.92 Å². The van der Waals surface area contributed by atoms with Crippen molar-refractivity contribution in [1.82, 2.24) is 0 Å². The lowest BCUT2D eigenvalue weighted by molar-refractivity contribution is -0.0200. The van der Waals surface area contributed by atoms with Crippen molar-refractivity contribution < 1.29 is 36.6 Å². The van der Waals surface area contributed by atoms with Crippen molar-refractivity contribution in [3.8, 4) is 0 Å². The zero-order chi connectivity index (χ0) is 29.9. The van der Waals surface area contributed by atoms with Crippen LogP contribution in [0.5, 0.6) is 0 Å². The molecule has 0 saturated carbocycles. The summed E-state index contributed by atoms with van der Waals surface area (Å²) >= 11 is 0.379. The summed E-state index contributed by atoms with van der Waals surface area (Å²) in [4.78, 5) is 12.4. The summed E-state index contributed by atoms with van der Waals surface area (Å²) in [6, 6.07) is 9.54. The molecule has 1 aromatic rings. The Morgan fingerprint density at radius 2 is 1.37 bits per heavy atom. The Bertz CT molecular complexity index is 783. The fourth-order valence-corrected chi connectivity index (χ4v) is 6.08. The van der Waals surface area contributed by atoms with Crippen LogP contribution in [0, 0.1) is 0 Å². The fourth-order valence-electron chi connectivity index (χ4n) is 4.27. The van der Waals surface area contributed by atoms with Crippen LogP contribution in [0.3, 0.4) is 0 Å². The minimum Gasteiger partial charge on any atom is -0.457 e. The summed E-state index contributed by atoms with van der Waals surface area (Å²) in [5.74, 6) is 0. The minimum atomic E-state index is -4.16. The second kappa shape index (κ2) is 26.7. The third-order valence-corrected chi connectivity index (χ3v) is 9.14. The molecule has 0 aromatic heterocycles. The maximum Gasteiger partial charge on any atom is 0.451 e. The normalized spacial score (nSPS) is 13.6. The molecule has 1 N–H and O–H groups in total. The maximum absolute atomic E-state index is 12.8. The number of hydrogen-bond donors (Lipinski definition) is 1. The number of aliphatic hydroxyl groups is 1. The molecule has 0 fully saturated rings. The molecule has 238 valence electrons. The number of benzene rings is 1. The Balaban J connectivity index is 2.06. The summed E-state index contributed by atoms with van der Waals surface area (Å²) in [6.45, 7) is 4.08. The van der Waals surface area contributed by atoms with E-state index in [1.165, 1.54) is 83.5 Å². The maximum atomic E-state index is 12.8. The van der Waals surface area contributed by atoms with Gasteiger partial charge in [0.15, 0.2) is 12.3 Å². The first-order chi connectivity index (χ1) is 20.1. The molecule has 41 heavy (non-hydrogen) atoms. The van der Waals surface area contributed by atoms with Crippen LogP contribution in [0.15, 0.2) is 30.3 Å². The topological polar surface area (TPSA) is 101 Å². The first-order valence-corrected chi connectivity index (χ1v) is 17.9. The molecule has 2 atom stereocenters. The molecule has 0 heterocycles. The van der Waals surface area contributed by atoms with Gasteiger partial charge in [-0.1, -0.05) is 134 Å². The molecule has 0 saturated heterocycles. The molecule has 8 nitrogen and oxygen atoms in total. The van der Waals surface area contributed by atoms with Gasteiger partial charge in [-0.2, -0.15) is 0 Å². The van der Waals surface area contributed by atoms with Crippen molar-refractivity contribution >= 4 is 25.6 Å². The van der Waals surface area contributed by atoms with Crippen LogP contribution in [-0.2, 0) is 33.3 Å². The molecular formula is C31H55O8PS. The highest BCUT2D eigenvalue weighted by molar-refractivity contribution is 7.96. The van der Waals surface area contributed by atoms with Gasteiger partial charge in [0.05, 0.1) is 33.0 Å². The number of hydrogen-bond acceptors (Lipinski definition) is 9. The van der Waals surface area contributed by atoms with E-state index >= 15 is 0 Å². The van der Waals surface area contributed by atoms with Gasteiger partial charge in [0.1, 0.15) is 6.10 Å². The van der Waals surface area contributed by atoms with E-state index in [9.17, 15) is 14.5 Å². The van der Waals surface area contributed by atoms with Gasteiger partial charge in [-0.15, -0.1) is 0 Å². The lowest BCUT2D eigenvalue weighted by Gasteiger charge is -2.17. The Morgan fingerprint density at radius 1 is 0.829 bits per heavy atom. The van der Waals surface area contributed by atoms with E-state index < -0.39 is 19.4 Å². The summed E-state index contributed by atoms with van der Waals surface area (Å²) in [6.07, 6.45) is 19.6. The van der Waals surface area contributed by atoms with Gasteiger partial charge >= 0.3 is 13.3 Å². The minimum absolute atomic E-state index is 0.0193. The first kappa shape index (κ1) is 38.1. The van der Waals surface area contributed by atoms with Crippen molar-refractivity contribution in [2.24, 2.45) is 0 Å². The van der Waals surface area contributed by atoms with Gasteiger partial charge in [0.25, 0.3) is 0 Å². The van der Waals surface area contributed by atoms with Crippen LogP contribution in [0.2, 0.25) is 0 Å². The molecule has 0 amide bonds. The van der Waals surface area contributed by atoms with E-state index in [0.29, 0.717) is 25.4 Å². The summed E-state index contributed by atoms with van der Waals surface area (Å²) in [7, 11) is -4.16. The quantitative estimate of drug-likeness (QED) is 0.0534. The average molecular weight is 619 g/mol. The van der Waals surface area contributed by atoms with Crippen molar-refractivity contribution in [2.75, 3.05) is 26.4 Å². The molecule has 0 bridgehead atoms. The van der Waals surface area contributed by atoms with Gasteiger partial charge in [-0.05, 0) is 18.9 Å². The van der Waals surface area contributed by atoms with Gasteiger partial charge in [-0.3, -0.25) is 4.18 Å². The van der Waals surface area contributed by atoms with Gasteiger partial charge in [0.2, 0.25) is 0 Å². The lowest BCUT2D eigenvalue weighted by Crippen LogP contribution is -2.22. The van der Waals surface area contributed by atoms with E-state index in [4.69, 9.17) is 22.2 Å². The molecule has 0 aliphatic carbocycles. The zero-order valence-electron chi connectivity index (χ0n) is 25.5. The predicted molar refractivity (Wildman–Crippen MR) is 167 cm³/mol. The lowest BCUT2D eigenvalue weighted by atomic mass is 10.0. The fraction of sp³-hybridized carbons (Fsp3) is 0.774. The standard InChI is InChI=1S/C31H55O8PS/c1-3-5-6-7-8-9-10-11-12-13-14-15-16-17-18-22-25-35-31(33)40(34,37-4-2)39-41-38-28-30(26-32)36-27-29-23-20-19-21-24-29/h19-21,23-24,30,32H,3-18,22,25-28H2,1-2H3/t30-,40?/m1/s1. The molecule has 0 aliphatic rings. The first-order valence-electron chi connectivity index (χ1n) is 15.7. The Labute approximate surface area is 253 Å². The van der Waals surface area contributed by atoms with Crippen molar-refractivity contribution in [3.05, 3.63) is 35.9 Å². The zero-order valence-corrected chi connectivity index (χ0v) is 27.2. The van der Waals surface area contributed by atoms with Crippen molar-refractivity contribution in [3.63, 3.8) is 0 Å². The summed E-state index contributed by atoms with van der Waals surface area (Å²) in [5.41, 5.74) is -0.0572. The van der Waals surface area contributed by atoms with Gasteiger partial charge < -0.3 is 19.1 Å². The SMILES string of the molecule is CCCCCCCCCCCCCCCCCCOC(=O)P(=O)(OCC)OSOC[C@@H](CO)OCc1ccccc1. The predicted octanol–water partition coefficient (Wildman–Crippen LogP) is 9.79. The van der Waals surface area contributed by atoms with Crippen molar-refractivity contribution in [1.29, 1.82) is 0 Å². The van der Waals surface area contributed by atoms with Crippen LogP contribution in [0.25, 0.3) is 0 Å². The Kier molecular flexibility index (Phi) is 24.8. The molecule has 0 spiro atoms. The number of carbonyl (C=O) groups is 1. The Morgan fingerprint density at radius 3 is 1.88 bits per heavy atom. The second-order valence-electron chi connectivity index (χ2n) is 10.4. The highest BCUT2D eigenvalue weighted by Gasteiger charge is 2.38. The number of ether oxygens (including phenoxy) is 2. The number of rotatable bonds is 29. The molecule has 0 radical (unpaired) electrons. The van der Waals surface area contributed by atoms with Crippen LogP contribution in [0.1, 0.15) is 122 Å². The number of aliphatic hydroxyl groups excluding tert-OH is 1. The smallest absolute Gasteiger partial charge is 0.451 e. The second-order valence-corrected chi connectivity index (χ2v) is 12.9. The van der Waals surface area contributed by atoms with Gasteiger partial charge in [-0.25, -0.2) is 13.3 Å². The number of carbonyl (C=O) groups excluding carboxylic acids is 1. The molecule has 10 heteroatoms. The molecule has 0 aliphatic heterocycles. The highest BCUT2D eigenvalue weighted by Crippen LogP contribution is 2.53. The highest BCUT2D eigenvalue weighted by atomic mass is 32.2. The van der Waals surface area contributed by atoms with Crippen LogP contribution in [-0.4, -0.2) is 43.3 Å². The van der Waals surface area contributed by atoms with E-state index in [1.807, 2.05) is 30.3 Å². The molecule has 1 aromatic carbocycles. The molecule has 1 unspecified atom stereocenters. The van der Waals surface area contributed by atoms with E-state index in [0.717, 1.165) is 18.4 Å². The third kappa shape index (κ3) is 20.6. The molecular weight excluding hydrogens is 563 g/mol. The molecule has 1 rings (SSSR count). The van der Waals surface area contributed by atoms with Crippen LogP contribution in [0.4, 0.5) is 4.79 Å². The largest absolute Gasteiger partial charge is 0.457 e. The van der Waals surface area contributed by atoms with Crippen molar-refractivity contribution in [2.45, 2.75) is 129 Å². The summed E-state index contributed by atoms with van der Waals surface area (Å²) < 4.78 is 39.1.